The minimum Gasteiger partial charge on any atom is -0.456 e. The molecule has 0 radical (unpaired) electrons. The Morgan fingerprint density at radius 1 is 0.556 bits per heavy atom. The van der Waals surface area contributed by atoms with Crippen molar-refractivity contribution >= 4 is 54.9 Å². The van der Waals surface area contributed by atoms with E-state index in [1.165, 1.54) is 0 Å². The van der Waals surface area contributed by atoms with Crippen molar-refractivity contribution in [3.05, 3.63) is 102 Å². The summed E-state index contributed by atoms with van der Waals surface area (Å²) in [7, 11) is 0. The number of hydrogen-bond acceptors (Lipinski definition) is 2. The van der Waals surface area contributed by atoms with Crippen LogP contribution in [0.5, 0.6) is 0 Å². The summed E-state index contributed by atoms with van der Waals surface area (Å²) < 4.78 is 7.16. The third kappa shape index (κ3) is 2.90. The Bertz CT molecular complexity index is 1230. The fraction of sp³-hybridized carbons (Fsp3) is 0. The maximum atomic E-state index is 6.10. The van der Waals surface area contributed by atoms with E-state index in [9.17, 15) is 0 Å². The smallest absolute Gasteiger partial charge is 0.137 e. The molecule has 0 saturated carbocycles. The van der Waals surface area contributed by atoms with Crippen molar-refractivity contribution in [2.75, 3.05) is 4.90 Å². The standard InChI is InChI=1S/C24H16BrNO/c25-17-10-12-19(13-11-17)26(18-6-2-1-3-7-18)20-14-15-22-21-8-4-5-9-23(21)27-24(22)16-20/h1-16H. The summed E-state index contributed by atoms with van der Waals surface area (Å²) >= 11 is 3.53. The first kappa shape index (κ1) is 16.2. The van der Waals surface area contributed by atoms with Crippen molar-refractivity contribution in [1.29, 1.82) is 0 Å². The van der Waals surface area contributed by atoms with Crippen LogP contribution in [0.1, 0.15) is 0 Å². The monoisotopic (exact) mass is 413 g/mol. The third-order valence-corrected chi connectivity index (χ3v) is 5.25. The highest BCUT2D eigenvalue weighted by molar-refractivity contribution is 9.10. The van der Waals surface area contributed by atoms with Gasteiger partial charge in [0.1, 0.15) is 11.2 Å². The van der Waals surface area contributed by atoms with Gasteiger partial charge >= 0.3 is 0 Å². The molecule has 27 heavy (non-hydrogen) atoms. The molecule has 0 saturated heterocycles. The molecule has 1 heterocycles. The van der Waals surface area contributed by atoms with Gasteiger partial charge in [-0.25, -0.2) is 0 Å². The summed E-state index contributed by atoms with van der Waals surface area (Å²) in [6, 6.07) is 33.3. The van der Waals surface area contributed by atoms with Gasteiger partial charge in [-0.05, 0) is 54.6 Å². The largest absolute Gasteiger partial charge is 0.456 e. The molecule has 5 rings (SSSR count). The van der Waals surface area contributed by atoms with Crippen LogP contribution in [-0.2, 0) is 0 Å². The zero-order chi connectivity index (χ0) is 18.2. The summed E-state index contributed by atoms with van der Waals surface area (Å²) in [5.41, 5.74) is 5.08. The van der Waals surface area contributed by atoms with Crippen molar-refractivity contribution in [3.63, 3.8) is 0 Å². The molecule has 2 nitrogen and oxygen atoms in total. The van der Waals surface area contributed by atoms with E-state index < -0.39 is 0 Å². The van der Waals surface area contributed by atoms with E-state index in [1.54, 1.807) is 0 Å². The highest BCUT2D eigenvalue weighted by Crippen LogP contribution is 2.38. The van der Waals surface area contributed by atoms with E-state index in [0.717, 1.165) is 43.5 Å². The topological polar surface area (TPSA) is 16.4 Å². The average molecular weight is 414 g/mol. The van der Waals surface area contributed by atoms with Crippen molar-refractivity contribution in [2.45, 2.75) is 0 Å². The molecule has 0 aliphatic carbocycles. The highest BCUT2D eigenvalue weighted by atomic mass is 79.9. The van der Waals surface area contributed by atoms with E-state index in [1.807, 2.05) is 24.3 Å². The maximum absolute atomic E-state index is 6.10. The molecular weight excluding hydrogens is 398 g/mol. The molecule has 1 aromatic heterocycles. The van der Waals surface area contributed by atoms with Crippen LogP contribution in [-0.4, -0.2) is 0 Å². The second kappa shape index (κ2) is 6.60. The molecule has 0 bridgehead atoms. The molecule has 0 aliphatic heterocycles. The van der Waals surface area contributed by atoms with Gasteiger partial charge in [0.2, 0.25) is 0 Å². The van der Waals surface area contributed by atoms with E-state index in [2.05, 4.69) is 93.6 Å². The number of anilines is 3. The van der Waals surface area contributed by atoms with Gasteiger partial charge in [-0.15, -0.1) is 0 Å². The van der Waals surface area contributed by atoms with E-state index in [-0.39, 0.29) is 0 Å². The van der Waals surface area contributed by atoms with Gasteiger partial charge in [-0.2, -0.15) is 0 Å². The van der Waals surface area contributed by atoms with Gasteiger partial charge < -0.3 is 9.32 Å². The van der Waals surface area contributed by atoms with Gasteiger partial charge in [0, 0.05) is 38.4 Å². The summed E-state index contributed by atoms with van der Waals surface area (Å²) in [6.07, 6.45) is 0. The Morgan fingerprint density at radius 3 is 2.00 bits per heavy atom. The number of halogens is 1. The number of furan rings is 1. The van der Waals surface area contributed by atoms with Gasteiger partial charge in [-0.1, -0.05) is 52.3 Å². The zero-order valence-corrected chi connectivity index (χ0v) is 16.1. The van der Waals surface area contributed by atoms with E-state index >= 15 is 0 Å². The first-order valence-electron chi connectivity index (χ1n) is 8.82. The molecule has 0 aliphatic rings. The molecule has 0 amide bonds. The van der Waals surface area contributed by atoms with Crippen molar-refractivity contribution in [2.24, 2.45) is 0 Å². The summed E-state index contributed by atoms with van der Waals surface area (Å²) in [6.45, 7) is 0. The average Bonchev–Trinajstić information content (AvgIpc) is 3.08. The number of para-hydroxylation sites is 2. The molecule has 0 N–H and O–H groups in total. The molecule has 0 atom stereocenters. The SMILES string of the molecule is Brc1ccc(N(c2ccccc2)c2ccc3c(c2)oc2ccccc23)cc1. The fourth-order valence-corrected chi connectivity index (χ4v) is 3.73. The van der Waals surface area contributed by atoms with Crippen LogP contribution in [0.2, 0.25) is 0 Å². The Morgan fingerprint density at radius 2 is 1.19 bits per heavy atom. The number of hydrogen-bond donors (Lipinski definition) is 0. The lowest BCUT2D eigenvalue weighted by Crippen LogP contribution is -2.09. The predicted octanol–water partition coefficient (Wildman–Crippen LogP) is 7.82. The first-order chi connectivity index (χ1) is 13.3. The second-order valence-electron chi connectivity index (χ2n) is 6.43. The zero-order valence-electron chi connectivity index (χ0n) is 14.5. The molecule has 0 fully saturated rings. The van der Waals surface area contributed by atoms with Crippen molar-refractivity contribution in [1.82, 2.24) is 0 Å². The Balaban J connectivity index is 1.71. The number of nitrogens with zero attached hydrogens (tertiary/aromatic N) is 1. The first-order valence-corrected chi connectivity index (χ1v) is 9.61. The minimum absolute atomic E-state index is 0.895. The number of rotatable bonds is 3. The normalized spacial score (nSPS) is 11.1. The Labute approximate surface area is 165 Å². The van der Waals surface area contributed by atoms with Crippen molar-refractivity contribution in [3.8, 4) is 0 Å². The van der Waals surface area contributed by atoms with Gasteiger partial charge in [0.15, 0.2) is 0 Å². The molecular formula is C24H16BrNO. The van der Waals surface area contributed by atoms with Crippen LogP contribution in [0.4, 0.5) is 17.1 Å². The second-order valence-corrected chi connectivity index (χ2v) is 7.34. The van der Waals surface area contributed by atoms with Crippen LogP contribution in [0, 0.1) is 0 Å². The Kier molecular flexibility index (Phi) is 3.95. The number of fused-ring (bicyclic) bond motifs is 3. The minimum atomic E-state index is 0.895. The molecule has 4 aromatic carbocycles. The van der Waals surface area contributed by atoms with Crippen LogP contribution in [0.3, 0.4) is 0 Å². The van der Waals surface area contributed by atoms with Crippen LogP contribution in [0.25, 0.3) is 21.9 Å². The summed E-state index contributed by atoms with van der Waals surface area (Å²) in [5, 5.41) is 2.28. The summed E-state index contributed by atoms with van der Waals surface area (Å²) in [4.78, 5) is 2.24. The third-order valence-electron chi connectivity index (χ3n) is 4.72. The van der Waals surface area contributed by atoms with Gasteiger partial charge in [0.25, 0.3) is 0 Å². The fourth-order valence-electron chi connectivity index (χ4n) is 3.47. The molecule has 3 heteroatoms. The lowest BCUT2D eigenvalue weighted by Gasteiger charge is -2.25. The highest BCUT2D eigenvalue weighted by Gasteiger charge is 2.14. The molecule has 5 aromatic rings. The molecule has 0 unspecified atom stereocenters. The lowest BCUT2D eigenvalue weighted by molar-refractivity contribution is 0.669. The van der Waals surface area contributed by atoms with Crippen LogP contribution >= 0.6 is 15.9 Å². The number of benzene rings is 4. The van der Waals surface area contributed by atoms with E-state index in [4.69, 9.17) is 4.42 Å². The van der Waals surface area contributed by atoms with E-state index in [0.29, 0.717) is 0 Å². The Hall–Kier alpha value is -3.04. The van der Waals surface area contributed by atoms with Crippen molar-refractivity contribution < 1.29 is 4.42 Å². The molecule has 0 spiro atoms. The van der Waals surface area contributed by atoms with Crippen LogP contribution < -0.4 is 4.90 Å². The quantitative estimate of drug-likeness (QED) is 0.299. The summed E-state index contributed by atoms with van der Waals surface area (Å²) in [5.74, 6) is 0. The molecule has 130 valence electrons. The van der Waals surface area contributed by atoms with Gasteiger partial charge in [0.05, 0.1) is 0 Å². The lowest BCUT2D eigenvalue weighted by atomic mass is 10.1. The van der Waals surface area contributed by atoms with Gasteiger partial charge in [-0.3, -0.25) is 0 Å². The predicted molar refractivity (Wildman–Crippen MR) is 116 cm³/mol. The van der Waals surface area contributed by atoms with Crippen LogP contribution in [0.15, 0.2) is 106 Å². The maximum Gasteiger partial charge on any atom is 0.137 e.